The molecule has 0 saturated heterocycles. The molecule has 3 N–H and O–H groups in total. The van der Waals surface area contributed by atoms with Crippen LogP contribution in [0.25, 0.3) is 0 Å². The van der Waals surface area contributed by atoms with Crippen LogP contribution in [0.3, 0.4) is 0 Å². The van der Waals surface area contributed by atoms with E-state index in [0.29, 0.717) is 41.3 Å². The van der Waals surface area contributed by atoms with Gasteiger partial charge in [-0.1, -0.05) is 18.2 Å². The molecule has 1 aromatic heterocycles. The van der Waals surface area contributed by atoms with Gasteiger partial charge in [-0.05, 0) is 44.0 Å². The zero-order valence-electron chi connectivity index (χ0n) is 17.8. The third-order valence-corrected chi connectivity index (χ3v) is 5.30. The number of nitrogens with one attached hydrogen (secondary N) is 2. The van der Waals surface area contributed by atoms with E-state index in [2.05, 4.69) is 15.8 Å². The molecule has 164 valence electrons. The number of methoxy groups -OCH3 is 1. The third kappa shape index (κ3) is 4.20. The number of fused-ring (bicyclic) bond motifs is 1. The van der Waals surface area contributed by atoms with Crippen molar-refractivity contribution in [2.75, 3.05) is 12.4 Å². The molecule has 0 aliphatic heterocycles. The molecule has 0 bridgehead atoms. The van der Waals surface area contributed by atoms with Crippen LogP contribution < -0.4 is 15.5 Å². The first kappa shape index (κ1) is 21.2. The maximum atomic E-state index is 12.9. The van der Waals surface area contributed by atoms with Crippen LogP contribution in [0.5, 0.6) is 11.5 Å². The normalized spacial score (nSPS) is 14.0. The van der Waals surface area contributed by atoms with Crippen LogP contribution in [0.4, 0.5) is 5.69 Å². The summed E-state index contributed by atoms with van der Waals surface area (Å²) in [6.45, 7) is 1.80. The van der Waals surface area contributed by atoms with Gasteiger partial charge in [0.2, 0.25) is 0 Å². The van der Waals surface area contributed by atoms with E-state index in [9.17, 15) is 14.7 Å². The second-order valence-electron chi connectivity index (χ2n) is 7.41. The van der Waals surface area contributed by atoms with Gasteiger partial charge in [-0.2, -0.15) is 5.10 Å². The number of hydrazone groups is 1. The predicted molar refractivity (Wildman–Crippen MR) is 119 cm³/mol. The van der Waals surface area contributed by atoms with Gasteiger partial charge in [-0.3, -0.25) is 9.59 Å². The van der Waals surface area contributed by atoms with E-state index in [1.807, 2.05) is 0 Å². The zero-order valence-corrected chi connectivity index (χ0v) is 17.8. The number of para-hydroxylation sites is 1. The molecule has 2 amide bonds. The van der Waals surface area contributed by atoms with Crippen LogP contribution in [0.15, 0.2) is 58.0 Å². The number of benzene rings is 2. The highest BCUT2D eigenvalue weighted by Crippen LogP contribution is 2.30. The van der Waals surface area contributed by atoms with Crippen LogP contribution >= 0.6 is 0 Å². The Labute approximate surface area is 184 Å². The van der Waals surface area contributed by atoms with Crippen molar-refractivity contribution < 1.29 is 23.8 Å². The van der Waals surface area contributed by atoms with Gasteiger partial charge in [0.25, 0.3) is 11.8 Å². The minimum Gasteiger partial charge on any atom is -0.507 e. The van der Waals surface area contributed by atoms with Crippen molar-refractivity contribution >= 4 is 23.2 Å². The summed E-state index contributed by atoms with van der Waals surface area (Å²) in [5.41, 5.74) is 5.26. The van der Waals surface area contributed by atoms with Gasteiger partial charge < -0.3 is 19.6 Å². The first-order valence-corrected chi connectivity index (χ1v) is 10.2. The summed E-state index contributed by atoms with van der Waals surface area (Å²) in [7, 11) is 1.56. The van der Waals surface area contributed by atoms with Gasteiger partial charge in [0.15, 0.2) is 5.76 Å². The van der Waals surface area contributed by atoms with Crippen molar-refractivity contribution in [1.82, 2.24) is 5.43 Å². The summed E-state index contributed by atoms with van der Waals surface area (Å²) in [6.07, 6.45) is 2.09. The van der Waals surface area contributed by atoms with E-state index in [-0.39, 0.29) is 23.0 Å². The molecule has 0 atom stereocenters. The lowest BCUT2D eigenvalue weighted by Gasteiger charge is -2.13. The second-order valence-corrected chi connectivity index (χ2v) is 7.41. The van der Waals surface area contributed by atoms with Crippen LogP contribution in [0.2, 0.25) is 0 Å². The van der Waals surface area contributed by atoms with Crippen LogP contribution in [0.1, 0.15) is 50.6 Å². The fourth-order valence-electron chi connectivity index (χ4n) is 3.73. The van der Waals surface area contributed by atoms with Crippen LogP contribution in [0, 0.1) is 6.92 Å². The van der Waals surface area contributed by atoms with E-state index >= 15 is 0 Å². The molecule has 32 heavy (non-hydrogen) atoms. The highest BCUT2D eigenvalue weighted by atomic mass is 16.5. The van der Waals surface area contributed by atoms with Gasteiger partial charge in [-0.25, -0.2) is 5.43 Å². The number of rotatable bonds is 5. The summed E-state index contributed by atoms with van der Waals surface area (Å²) in [5.74, 6) is 0.501. The largest absolute Gasteiger partial charge is 0.507 e. The number of phenols is 1. The number of aryl methyl sites for hydroxylation is 1. The Kier molecular flexibility index (Phi) is 5.93. The molecule has 1 aliphatic rings. The number of carbonyl (C=O) groups is 2. The molecule has 8 nitrogen and oxygen atoms in total. The van der Waals surface area contributed by atoms with Gasteiger partial charge in [0.1, 0.15) is 17.3 Å². The maximum Gasteiger partial charge on any atom is 0.291 e. The molecule has 3 aromatic rings. The number of hydrogen-bond donors (Lipinski definition) is 3. The fourth-order valence-corrected chi connectivity index (χ4v) is 3.73. The van der Waals surface area contributed by atoms with Gasteiger partial charge in [-0.15, -0.1) is 0 Å². The monoisotopic (exact) mass is 433 g/mol. The summed E-state index contributed by atoms with van der Waals surface area (Å²) < 4.78 is 11.1. The van der Waals surface area contributed by atoms with E-state index in [4.69, 9.17) is 9.15 Å². The number of ether oxygens (including phenoxy) is 1. The fraction of sp³-hybridized carbons (Fsp3) is 0.208. The Hall–Kier alpha value is -4.07. The Morgan fingerprint density at radius 2 is 1.91 bits per heavy atom. The molecule has 4 rings (SSSR count). The summed E-state index contributed by atoms with van der Waals surface area (Å²) in [6, 6.07) is 13.3. The number of nitrogens with zero attached hydrogens (tertiary/aromatic N) is 1. The molecule has 1 heterocycles. The lowest BCUT2D eigenvalue weighted by molar-refractivity contribution is 0.0950. The molecule has 0 fully saturated rings. The molecular formula is C24H23N3O5. The smallest absolute Gasteiger partial charge is 0.291 e. The zero-order chi connectivity index (χ0) is 22.7. The van der Waals surface area contributed by atoms with Crippen molar-refractivity contribution in [3.05, 3.63) is 76.7 Å². The molecule has 0 saturated carbocycles. The van der Waals surface area contributed by atoms with Gasteiger partial charge >= 0.3 is 0 Å². The lowest BCUT2D eigenvalue weighted by Crippen LogP contribution is -2.22. The van der Waals surface area contributed by atoms with Crippen molar-refractivity contribution in [2.45, 2.75) is 26.2 Å². The highest BCUT2D eigenvalue weighted by Gasteiger charge is 2.28. The SMILES string of the molecule is COc1cccc(NC(=O)c2oc3c(c2C)/C(=N/NC(=O)c2ccccc2O)CCC3)c1. The van der Waals surface area contributed by atoms with Crippen LogP contribution in [-0.4, -0.2) is 29.7 Å². The van der Waals surface area contributed by atoms with Gasteiger partial charge in [0.05, 0.1) is 18.4 Å². The second kappa shape index (κ2) is 8.97. The van der Waals surface area contributed by atoms with Crippen molar-refractivity contribution in [3.63, 3.8) is 0 Å². The number of aromatic hydroxyl groups is 1. The standard InChI is InChI=1S/C24H23N3O5/c1-14-21-18(26-27-23(29)17-9-3-4-11-19(17)28)10-6-12-20(21)32-22(14)24(30)25-15-7-5-8-16(13-15)31-2/h3-5,7-9,11,13,28H,6,10,12H2,1-2H3,(H,25,30)(H,27,29)/b26-18+. The number of anilines is 1. The van der Waals surface area contributed by atoms with Gasteiger partial charge in [0, 0.05) is 29.3 Å². The van der Waals surface area contributed by atoms with Crippen molar-refractivity contribution in [3.8, 4) is 11.5 Å². The quantitative estimate of drug-likeness (QED) is 0.526. The molecule has 2 aromatic carbocycles. The Morgan fingerprint density at radius 1 is 1.09 bits per heavy atom. The Bertz CT molecular complexity index is 1210. The average Bonchev–Trinajstić information content (AvgIpc) is 3.15. The Balaban J connectivity index is 1.57. The van der Waals surface area contributed by atoms with E-state index in [1.54, 1.807) is 50.4 Å². The summed E-state index contributed by atoms with van der Waals surface area (Å²) >= 11 is 0. The molecular weight excluding hydrogens is 410 g/mol. The number of carbonyl (C=O) groups excluding carboxylic acids is 2. The number of hydrogen-bond acceptors (Lipinski definition) is 6. The van der Waals surface area contributed by atoms with E-state index in [1.165, 1.54) is 12.1 Å². The molecule has 0 spiro atoms. The van der Waals surface area contributed by atoms with Crippen molar-refractivity contribution in [2.24, 2.45) is 5.10 Å². The van der Waals surface area contributed by atoms with E-state index in [0.717, 1.165) is 12.0 Å². The van der Waals surface area contributed by atoms with Crippen LogP contribution in [-0.2, 0) is 6.42 Å². The van der Waals surface area contributed by atoms with Crippen molar-refractivity contribution in [1.29, 1.82) is 0 Å². The molecule has 0 unspecified atom stereocenters. The highest BCUT2D eigenvalue weighted by molar-refractivity contribution is 6.09. The maximum absolute atomic E-state index is 12.9. The number of phenolic OH excluding ortho intramolecular Hbond substituents is 1. The summed E-state index contributed by atoms with van der Waals surface area (Å²) in [4.78, 5) is 25.3. The molecule has 0 radical (unpaired) electrons. The molecule has 1 aliphatic carbocycles. The topological polar surface area (TPSA) is 113 Å². The predicted octanol–water partition coefficient (Wildman–Crippen LogP) is 4.02. The summed E-state index contributed by atoms with van der Waals surface area (Å²) in [5, 5.41) is 17.0. The third-order valence-electron chi connectivity index (χ3n) is 5.30. The Morgan fingerprint density at radius 3 is 2.69 bits per heavy atom. The first-order chi connectivity index (χ1) is 15.5. The minimum atomic E-state index is -0.514. The number of amides is 2. The molecule has 8 heteroatoms. The first-order valence-electron chi connectivity index (χ1n) is 10.2. The minimum absolute atomic E-state index is 0.120. The lowest BCUT2D eigenvalue weighted by atomic mass is 9.93. The number of furan rings is 1. The average molecular weight is 433 g/mol. The van der Waals surface area contributed by atoms with E-state index < -0.39 is 5.91 Å².